The minimum absolute atomic E-state index is 0.0266. The maximum atomic E-state index is 12.0. The fourth-order valence-electron chi connectivity index (χ4n) is 1.44. The summed E-state index contributed by atoms with van der Waals surface area (Å²) in [6, 6.07) is 3.83. The Hall–Kier alpha value is -0.270. The molecule has 7 heteroatoms. The number of aliphatic hydroxyl groups excluding tert-OH is 1. The summed E-state index contributed by atoms with van der Waals surface area (Å²) in [4.78, 5) is 14.7. The molecular weight excluding hydrogens is 306 g/mol. The Morgan fingerprint density at radius 1 is 1.53 bits per heavy atom. The van der Waals surface area contributed by atoms with Crippen molar-refractivity contribution in [1.82, 2.24) is 4.90 Å². The van der Waals surface area contributed by atoms with E-state index in [0.29, 0.717) is 25.4 Å². The van der Waals surface area contributed by atoms with Crippen LogP contribution in [-0.2, 0) is 15.3 Å². The van der Waals surface area contributed by atoms with Crippen molar-refractivity contribution in [2.24, 2.45) is 0 Å². The average molecular weight is 324 g/mol. The van der Waals surface area contributed by atoms with Gasteiger partial charge >= 0.3 is 0 Å². The van der Waals surface area contributed by atoms with E-state index < -0.39 is 0 Å². The van der Waals surface area contributed by atoms with E-state index in [0.717, 1.165) is 15.0 Å². The number of ether oxygens (including phenoxy) is 1. The van der Waals surface area contributed by atoms with Crippen LogP contribution in [0.3, 0.4) is 0 Å². The maximum absolute atomic E-state index is 12.0. The Morgan fingerprint density at radius 2 is 2.32 bits per heavy atom. The lowest BCUT2D eigenvalue weighted by atomic mass is 10.4. The fraction of sp³-hybridized carbons (Fsp3) is 0.583. The summed E-state index contributed by atoms with van der Waals surface area (Å²) in [7, 11) is 1.59. The molecule has 0 saturated heterocycles. The molecule has 1 amide bonds. The third-order valence-corrected chi connectivity index (χ3v) is 4.77. The summed E-state index contributed by atoms with van der Waals surface area (Å²) in [6.45, 7) is 1.33. The normalized spacial score (nSPS) is 10.7. The fourth-order valence-corrected chi connectivity index (χ4v) is 3.57. The van der Waals surface area contributed by atoms with Crippen LogP contribution in [0.25, 0.3) is 0 Å². The van der Waals surface area contributed by atoms with E-state index in [2.05, 4.69) is 0 Å². The molecule has 1 aromatic heterocycles. The van der Waals surface area contributed by atoms with Crippen LogP contribution < -0.4 is 0 Å². The monoisotopic (exact) mass is 323 g/mol. The Morgan fingerprint density at radius 3 is 2.89 bits per heavy atom. The number of rotatable bonds is 9. The summed E-state index contributed by atoms with van der Waals surface area (Å²) in [5, 5.41) is 8.94. The van der Waals surface area contributed by atoms with E-state index in [-0.39, 0.29) is 12.5 Å². The quantitative estimate of drug-likeness (QED) is 0.756. The van der Waals surface area contributed by atoms with Crippen molar-refractivity contribution in [2.45, 2.75) is 5.75 Å². The molecule has 1 aromatic rings. The number of amides is 1. The highest BCUT2D eigenvalue weighted by Gasteiger charge is 2.12. The first kappa shape index (κ1) is 16.8. The third kappa shape index (κ3) is 6.63. The van der Waals surface area contributed by atoms with Gasteiger partial charge in [0.1, 0.15) is 0 Å². The second-order valence-electron chi connectivity index (χ2n) is 3.80. The van der Waals surface area contributed by atoms with Crippen LogP contribution in [0, 0.1) is 0 Å². The van der Waals surface area contributed by atoms with Gasteiger partial charge in [0.25, 0.3) is 0 Å². The first-order valence-electron chi connectivity index (χ1n) is 5.87. The van der Waals surface area contributed by atoms with Crippen LogP contribution in [0.2, 0.25) is 4.34 Å². The molecule has 0 atom stereocenters. The van der Waals surface area contributed by atoms with Crippen molar-refractivity contribution in [3.63, 3.8) is 0 Å². The summed E-state index contributed by atoms with van der Waals surface area (Å²) >= 11 is 8.93. The second kappa shape index (κ2) is 9.61. The molecule has 1 N–H and O–H groups in total. The SMILES string of the molecule is COCCN(CCO)C(=O)CSCc1ccc(Cl)s1. The highest BCUT2D eigenvalue weighted by atomic mass is 35.5. The Bertz CT molecular complexity index is 387. The van der Waals surface area contributed by atoms with Gasteiger partial charge in [-0.2, -0.15) is 0 Å². The first-order chi connectivity index (χ1) is 9.17. The van der Waals surface area contributed by atoms with Crippen molar-refractivity contribution < 1.29 is 14.6 Å². The van der Waals surface area contributed by atoms with Gasteiger partial charge in [-0.25, -0.2) is 0 Å². The maximum Gasteiger partial charge on any atom is 0.232 e. The number of aliphatic hydroxyl groups is 1. The van der Waals surface area contributed by atoms with Gasteiger partial charge in [-0.1, -0.05) is 11.6 Å². The van der Waals surface area contributed by atoms with Crippen molar-refractivity contribution >= 4 is 40.6 Å². The number of carbonyl (C=O) groups is 1. The number of halogens is 1. The summed E-state index contributed by atoms with van der Waals surface area (Å²) in [5.74, 6) is 1.21. The van der Waals surface area contributed by atoms with Crippen LogP contribution in [-0.4, -0.2) is 55.1 Å². The zero-order valence-corrected chi connectivity index (χ0v) is 13.2. The summed E-state index contributed by atoms with van der Waals surface area (Å²) in [5.41, 5.74) is 0. The van der Waals surface area contributed by atoms with Crippen molar-refractivity contribution in [2.75, 3.05) is 39.2 Å². The Kier molecular flexibility index (Phi) is 8.48. The Balaban J connectivity index is 2.30. The minimum atomic E-state index is -0.0271. The van der Waals surface area contributed by atoms with E-state index in [1.807, 2.05) is 12.1 Å². The minimum Gasteiger partial charge on any atom is -0.395 e. The lowest BCUT2D eigenvalue weighted by molar-refractivity contribution is -0.129. The van der Waals surface area contributed by atoms with Crippen LogP contribution in [0.15, 0.2) is 12.1 Å². The molecule has 0 aliphatic rings. The lowest BCUT2D eigenvalue weighted by Crippen LogP contribution is -2.37. The molecule has 0 spiro atoms. The Labute approximate surface area is 126 Å². The van der Waals surface area contributed by atoms with Crippen LogP contribution in [0.1, 0.15) is 4.88 Å². The van der Waals surface area contributed by atoms with E-state index >= 15 is 0 Å². The zero-order chi connectivity index (χ0) is 14.1. The number of thioether (sulfide) groups is 1. The number of nitrogens with zero attached hydrogens (tertiary/aromatic N) is 1. The first-order valence-corrected chi connectivity index (χ1v) is 8.21. The molecule has 19 heavy (non-hydrogen) atoms. The predicted octanol–water partition coefficient (Wildman–Crippen LogP) is 2.10. The average Bonchev–Trinajstić information content (AvgIpc) is 2.80. The zero-order valence-electron chi connectivity index (χ0n) is 10.8. The highest BCUT2D eigenvalue weighted by Crippen LogP contribution is 2.25. The van der Waals surface area contributed by atoms with E-state index in [1.54, 1.807) is 23.8 Å². The van der Waals surface area contributed by atoms with Gasteiger partial charge in [-0.15, -0.1) is 23.1 Å². The van der Waals surface area contributed by atoms with Crippen LogP contribution >= 0.6 is 34.7 Å². The number of methoxy groups -OCH3 is 1. The largest absolute Gasteiger partial charge is 0.395 e. The molecule has 0 unspecified atom stereocenters. The molecule has 0 bridgehead atoms. The third-order valence-electron chi connectivity index (χ3n) is 2.39. The van der Waals surface area contributed by atoms with Crippen molar-refractivity contribution in [1.29, 1.82) is 0 Å². The van der Waals surface area contributed by atoms with Gasteiger partial charge in [-0.05, 0) is 12.1 Å². The molecule has 108 valence electrons. The van der Waals surface area contributed by atoms with Gasteiger partial charge in [0.15, 0.2) is 0 Å². The van der Waals surface area contributed by atoms with Gasteiger partial charge in [-0.3, -0.25) is 4.79 Å². The van der Waals surface area contributed by atoms with Gasteiger partial charge < -0.3 is 14.7 Å². The molecule has 1 heterocycles. The van der Waals surface area contributed by atoms with Gasteiger partial charge in [0, 0.05) is 30.8 Å². The lowest BCUT2D eigenvalue weighted by Gasteiger charge is -2.21. The number of thiophene rings is 1. The van der Waals surface area contributed by atoms with Gasteiger partial charge in [0.2, 0.25) is 5.91 Å². The van der Waals surface area contributed by atoms with Gasteiger partial charge in [0.05, 0.1) is 23.3 Å². The summed E-state index contributed by atoms with van der Waals surface area (Å²) in [6.07, 6.45) is 0. The molecule has 0 aliphatic carbocycles. The second-order valence-corrected chi connectivity index (χ2v) is 6.58. The molecular formula is C12H18ClNO3S2. The molecule has 0 aromatic carbocycles. The molecule has 0 fully saturated rings. The molecule has 4 nitrogen and oxygen atoms in total. The van der Waals surface area contributed by atoms with E-state index in [9.17, 15) is 4.79 Å². The number of hydrogen-bond donors (Lipinski definition) is 1. The molecule has 1 rings (SSSR count). The molecule has 0 radical (unpaired) electrons. The molecule has 0 aliphatic heterocycles. The predicted molar refractivity (Wildman–Crippen MR) is 81.0 cm³/mol. The van der Waals surface area contributed by atoms with E-state index in [4.69, 9.17) is 21.4 Å². The van der Waals surface area contributed by atoms with Crippen molar-refractivity contribution in [3.05, 3.63) is 21.3 Å². The van der Waals surface area contributed by atoms with Crippen molar-refractivity contribution in [3.8, 4) is 0 Å². The van der Waals surface area contributed by atoms with Crippen LogP contribution in [0.5, 0.6) is 0 Å². The summed E-state index contributed by atoms with van der Waals surface area (Å²) < 4.78 is 5.72. The topological polar surface area (TPSA) is 49.8 Å². The smallest absolute Gasteiger partial charge is 0.232 e. The molecule has 0 saturated carbocycles. The standard InChI is InChI=1S/C12H18ClNO3S2/c1-17-7-5-14(4-6-15)12(16)9-18-8-10-2-3-11(13)19-10/h2-3,15H,4-9H2,1H3. The van der Waals surface area contributed by atoms with Crippen LogP contribution in [0.4, 0.5) is 0 Å². The van der Waals surface area contributed by atoms with E-state index in [1.165, 1.54) is 11.3 Å². The number of carbonyl (C=O) groups excluding carboxylic acids is 1. The highest BCUT2D eigenvalue weighted by molar-refractivity contribution is 7.99. The number of hydrogen-bond acceptors (Lipinski definition) is 5.